The van der Waals surface area contributed by atoms with Gasteiger partial charge in [0, 0.05) is 5.56 Å². The van der Waals surface area contributed by atoms with Gasteiger partial charge in [0.2, 0.25) is 0 Å². The van der Waals surface area contributed by atoms with Crippen molar-refractivity contribution in [3.8, 4) is 5.75 Å². The third-order valence-corrected chi connectivity index (χ3v) is 1.95. The molecule has 2 nitrogen and oxygen atoms in total. The largest absolute Gasteiger partial charge is 0.493 e. The molecule has 0 radical (unpaired) electrons. The lowest BCUT2D eigenvalue weighted by atomic mass is 10.1. The highest BCUT2D eigenvalue weighted by molar-refractivity contribution is 5.40. The van der Waals surface area contributed by atoms with Gasteiger partial charge in [-0.25, -0.2) is 13.2 Å². The minimum atomic E-state index is -1.30. The van der Waals surface area contributed by atoms with Crippen molar-refractivity contribution in [2.75, 3.05) is 7.11 Å². The average Bonchev–Trinajstić information content (AvgIpc) is 2.20. The molecule has 0 aliphatic heterocycles. The molecule has 0 amide bonds. The quantitative estimate of drug-likeness (QED) is 0.749. The maximum atomic E-state index is 13.2. The van der Waals surface area contributed by atoms with Crippen molar-refractivity contribution < 1.29 is 23.0 Å². The van der Waals surface area contributed by atoms with Crippen LogP contribution in [0.1, 0.15) is 11.1 Å². The molecular weight excluding hydrogens is 197 g/mol. The lowest BCUT2D eigenvalue weighted by molar-refractivity contribution is 0.260. The summed E-state index contributed by atoms with van der Waals surface area (Å²) in [5.74, 6) is -4.02. The maximum Gasteiger partial charge on any atom is 0.171 e. The van der Waals surface area contributed by atoms with Crippen LogP contribution in [0.5, 0.6) is 5.75 Å². The Hall–Kier alpha value is -1.23. The summed E-state index contributed by atoms with van der Waals surface area (Å²) in [6.07, 6.45) is 0. The molecule has 1 N–H and O–H groups in total. The SMILES string of the molecule is COc1c(F)c(C)c(F)c(F)c1CO. The molecule has 0 bridgehead atoms. The van der Waals surface area contributed by atoms with Crippen molar-refractivity contribution in [1.29, 1.82) is 0 Å². The molecule has 0 spiro atoms. The van der Waals surface area contributed by atoms with Gasteiger partial charge in [0.15, 0.2) is 23.2 Å². The fraction of sp³-hybridized carbons (Fsp3) is 0.333. The van der Waals surface area contributed by atoms with Crippen LogP contribution >= 0.6 is 0 Å². The summed E-state index contributed by atoms with van der Waals surface area (Å²) in [6, 6.07) is 0. The van der Waals surface area contributed by atoms with Crippen LogP contribution in [0.4, 0.5) is 13.2 Å². The number of methoxy groups -OCH3 is 1. The van der Waals surface area contributed by atoms with Crippen LogP contribution in [0.2, 0.25) is 0 Å². The topological polar surface area (TPSA) is 29.5 Å². The summed E-state index contributed by atoms with van der Waals surface area (Å²) in [4.78, 5) is 0. The Kier molecular flexibility index (Phi) is 3.00. The molecule has 0 heterocycles. The zero-order valence-corrected chi connectivity index (χ0v) is 7.70. The molecule has 0 fully saturated rings. The molecule has 0 unspecified atom stereocenters. The van der Waals surface area contributed by atoms with Crippen molar-refractivity contribution in [1.82, 2.24) is 0 Å². The van der Waals surface area contributed by atoms with Crippen LogP contribution in [0.25, 0.3) is 0 Å². The van der Waals surface area contributed by atoms with Crippen LogP contribution in [0.15, 0.2) is 0 Å². The number of hydrogen-bond donors (Lipinski definition) is 1. The van der Waals surface area contributed by atoms with E-state index in [9.17, 15) is 13.2 Å². The van der Waals surface area contributed by atoms with Gasteiger partial charge in [-0.3, -0.25) is 0 Å². The Balaban J connectivity index is 3.57. The van der Waals surface area contributed by atoms with Gasteiger partial charge in [-0.05, 0) is 6.92 Å². The van der Waals surface area contributed by atoms with E-state index in [0.717, 1.165) is 14.0 Å². The summed E-state index contributed by atoms with van der Waals surface area (Å²) in [7, 11) is 1.12. The van der Waals surface area contributed by atoms with Crippen LogP contribution in [-0.2, 0) is 6.61 Å². The summed E-state index contributed by atoms with van der Waals surface area (Å²) in [6.45, 7) is 0.278. The highest BCUT2D eigenvalue weighted by Crippen LogP contribution is 2.30. The predicted molar refractivity (Wildman–Crippen MR) is 43.5 cm³/mol. The van der Waals surface area contributed by atoms with E-state index in [1.54, 1.807) is 0 Å². The standard InChI is InChI=1S/C9H9F3O2/c1-4-6(10)8(12)5(3-13)9(14-2)7(4)11/h13H,3H2,1-2H3. The van der Waals surface area contributed by atoms with Crippen molar-refractivity contribution in [3.63, 3.8) is 0 Å². The number of benzene rings is 1. The van der Waals surface area contributed by atoms with Gasteiger partial charge in [-0.1, -0.05) is 0 Å². The molecule has 1 rings (SSSR count). The number of halogens is 3. The summed E-state index contributed by atoms with van der Waals surface area (Å²) < 4.78 is 43.9. The zero-order chi connectivity index (χ0) is 10.9. The molecule has 14 heavy (non-hydrogen) atoms. The normalized spacial score (nSPS) is 10.4. The fourth-order valence-corrected chi connectivity index (χ4v) is 1.15. The maximum absolute atomic E-state index is 13.2. The summed E-state index contributed by atoms with van der Waals surface area (Å²) in [5, 5.41) is 8.72. The highest BCUT2D eigenvalue weighted by atomic mass is 19.2. The third-order valence-electron chi connectivity index (χ3n) is 1.95. The molecule has 0 aliphatic carbocycles. The van der Waals surface area contributed by atoms with Gasteiger partial charge in [0.1, 0.15) is 0 Å². The lowest BCUT2D eigenvalue weighted by Gasteiger charge is -2.11. The van der Waals surface area contributed by atoms with Crippen LogP contribution in [0, 0.1) is 24.4 Å². The molecule has 1 aromatic carbocycles. The molecule has 0 atom stereocenters. The first kappa shape index (κ1) is 10.8. The van der Waals surface area contributed by atoms with Gasteiger partial charge in [0.25, 0.3) is 0 Å². The molecule has 0 aromatic heterocycles. The molecule has 0 saturated carbocycles. The van der Waals surface area contributed by atoms with Gasteiger partial charge >= 0.3 is 0 Å². The van der Waals surface area contributed by atoms with E-state index in [0.29, 0.717) is 0 Å². The summed E-state index contributed by atoms with van der Waals surface area (Å²) >= 11 is 0. The molecule has 5 heteroatoms. The second-order valence-corrected chi connectivity index (χ2v) is 2.74. The van der Waals surface area contributed by atoms with E-state index in [1.165, 1.54) is 0 Å². The van der Waals surface area contributed by atoms with Gasteiger partial charge in [-0.15, -0.1) is 0 Å². The average molecular weight is 206 g/mol. The Morgan fingerprint density at radius 3 is 2.14 bits per heavy atom. The van der Waals surface area contributed by atoms with E-state index in [4.69, 9.17) is 5.11 Å². The van der Waals surface area contributed by atoms with Gasteiger partial charge in [-0.2, -0.15) is 0 Å². The first-order valence-corrected chi connectivity index (χ1v) is 3.85. The van der Waals surface area contributed by atoms with E-state index in [1.807, 2.05) is 0 Å². The lowest BCUT2D eigenvalue weighted by Crippen LogP contribution is -2.05. The second kappa shape index (κ2) is 3.88. The first-order chi connectivity index (χ1) is 6.54. The van der Waals surface area contributed by atoms with E-state index in [2.05, 4.69) is 4.74 Å². The third kappa shape index (κ3) is 1.43. The summed E-state index contributed by atoms with van der Waals surface area (Å²) in [5.41, 5.74) is -0.968. The van der Waals surface area contributed by atoms with E-state index < -0.39 is 40.9 Å². The molecule has 0 aliphatic rings. The van der Waals surface area contributed by atoms with E-state index >= 15 is 0 Å². The Bertz CT molecular complexity index is 329. The van der Waals surface area contributed by atoms with Crippen LogP contribution in [0.3, 0.4) is 0 Å². The second-order valence-electron chi connectivity index (χ2n) is 2.74. The smallest absolute Gasteiger partial charge is 0.171 e. The number of hydrogen-bond acceptors (Lipinski definition) is 2. The Morgan fingerprint density at radius 2 is 1.71 bits per heavy atom. The number of aliphatic hydroxyl groups excluding tert-OH is 1. The van der Waals surface area contributed by atoms with Crippen molar-refractivity contribution >= 4 is 0 Å². The first-order valence-electron chi connectivity index (χ1n) is 3.85. The van der Waals surface area contributed by atoms with Crippen molar-refractivity contribution in [2.24, 2.45) is 0 Å². The fourth-order valence-electron chi connectivity index (χ4n) is 1.15. The van der Waals surface area contributed by atoms with Crippen molar-refractivity contribution in [3.05, 3.63) is 28.6 Å². The van der Waals surface area contributed by atoms with Crippen LogP contribution in [-0.4, -0.2) is 12.2 Å². The number of rotatable bonds is 2. The van der Waals surface area contributed by atoms with Crippen LogP contribution < -0.4 is 4.74 Å². The molecular formula is C9H9F3O2. The predicted octanol–water partition coefficient (Wildman–Crippen LogP) is 1.91. The van der Waals surface area contributed by atoms with Gasteiger partial charge < -0.3 is 9.84 Å². The molecule has 0 saturated heterocycles. The number of ether oxygens (including phenoxy) is 1. The van der Waals surface area contributed by atoms with E-state index in [-0.39, 0.29) is 0 Å². The molecule has 1 aromatic rings. The minimum absolute atomic E-state index is 0.455. The van der Waals surface area contributed by atoms with Crippen molar-refractivity contribution in [2.45, 2.75) is 13.5 Å². The minimum Gasteiger partial charge on any atom is -0.493 e. The van der Waals surface area contributed by atoms with Gasteiger partial charge in [0.05, 0.1) is 19.3 Å². The highest BCUT2D eigenvalue weighted by Gasteiger charge is 2.22. The Morgan fingerprint density at radius 1 is 1.14 bits per heavy atom. The molecule has 78 valence electrons. The Labute approximate surface area is 78.9 Å². The number of aliphatic hydroxyl groups is 1. The monoisotopic (exact) mass is 206 g/mol. The zero-order valence-electron chi connectivity index (χ0n) is 7.70.